The average Bonchev–Trinajstić information content (AvgIpc) is 3.59. The molecule has 43 heavy (non-hydrogen) atoms. The Balaban J connectivity index is 1.21. The highest BCUT2D eigenvalue weighted by molar-refractivity contribution is 5.94. The fraction of sp³-hybridized carbons (Fsp3) is 0.677. The van der Waals surface area contributed by atoms with Gasteiger partial charge in [-0.1, -0.05) is 12.8 Å². The van der Waals surface area contributed by atoms with Gasteiger partial charge in [0.05, 0.1) is 17.2 Å². The fourth-order valence-electron chi connectivity index (χ4n) is 6.38. The zero-order chi connectivity index (χ0) is 30.7. The molecule has 0 radical (unpaired) electrons. The first kappa shape index (κ1) is 31.5. The summed E-state index contributed by atoms with van der Waals surface area (Å²) in [7, 11) is 3.80. The highest BCUT2D eigenvalue weighted by atomic mass is 16.6. The number of aliphatic hydroxyl groups is 2. The van der Waals surface area contributed by atoms with Crippen molar-refractivity contribution < 1.29 is 19.7 Å². The summed E-state index contributed by atoms with van der Waals surface area (Å²) in [4.78, 5) is 35.2. The number of ether oxygens (including phenoxy) is 1. The molecule has 3 unspecified atom stereocenters. The van der Waals surface area contributed by atoms with Gasteiger partial charge in [-0.25, -0.2) is 9.97 Å². The topological polar surface area (TPSA) is 130 Å². The van der Waals surface area contributed by atoms with Gasteiger partial charge in [0.2, 0.25) is 12.4 Å². The van der Waals surface area contributed by atoms with Crippen molar-refractivity contribution in [3.8, 4) is 0 Å². The van der Waals surface area contributed by atoms with Gasteiger partial charge in [-0.2, -0.15) is 4.98 Å². The smallest absolute Gasteiger partial charge is 0.255 e. The van der Waals surface area contributed by atoms with E-state index in [1.165, 1.54) is 12.8 Å². The van der Waals surface area contributed by atoms with E-state index in [9.17, 15) is 15.0 Å². The van der Waals surface area contributed by atoms with Crippen molar-refractivity contribution in [1.82, 2.24) is 29.7 Å². The molecule has 3 aliphatic rings. The molecule has 1 aliphatic carbocycles. The summed E-state index contributed by atoms with van der Waals surface area (Å²) >= 11 is 0. The van der Waals surface area contributed by atoms with Gasteiger partial charge in [0.15, 0.2) is 0 Å². The molecule has 0 aromatic carbocycles. The number of amides is 1. The van der Waals surface area contributed by atoms with Crippen LogP contribution in [-0.2, 0) is 11.2 Å². The number of aliphatic hydroxyl groups excluding tert-OH is 2. The van der Waals surface area contributed by atoms with E-state index in [2.05, 4.69) is 20.2 Å². The van der Waals surface area contributed by atoms with Crippen LogP contribution in [0.5, 0.6) is 0 Å². The molecule has 236 valence electrons. The number of likely N-dealkylation sites (N-methyl/N-ethyl adjacent to an activating group) is 1. The third kappa shape index (κ3) is 7.61. The normalized spacial score (nSPS) is 21.9. The van der Waals surface area contributed by atoms with Gasteiger partial charge < -0.3 is 30.1 Å². The molecule has 1 saturated carbocycles. The summed E-state index contributed by atoms with van der Waals surface area (Å²) in [6.07, 6.45) is 8.68. The van der Waals surface area contributed by atoms with Crippen LogP contribution < -0.4 is 10.2 Å². The van der Waals surface area contributed by atoms with E-state index in [1.54, 1.807) is 18.3 Å². The first-order valence-corrected chi connectivity index (χ1v) is 15.6. The molecule has 2 fully saturated rings. The van der Waals surface area contributed by atoms with Gasteiger partial charge >= 0.3 is 0 Å². The molecular weight excluding hydrogens is 548 g/mol. The minimum absolute atomic E-state index is 0.0505. The lowest BCUT2D eigenvalue weighted by Gasteiger charge is -2.37. The number of anilines is 3. The fourth-order valence-corrected chi connectivity index (χ4v) is 6.38. The van der Waals surface area contributed by atoms with Gasteiger partial charge in [-0.15, -0.1) is 0 Å². The van der Waals surface area contributed by atoms with Gasteiger partial charge in [-0.05, 0) is 72.7 Å². The van der Waals surface area contributed by atoms with Gasteiger partial charge in [0.25, 0.3) is 5.91 Å². The number of hydrogen-bond acceptors (Lipinski definition) is 11. The Labute approximate surface area is 255 Å². The van der Waals surface area contributed by atoms with Crippen LogP contribution in [0.15, 0.2) is 24.5 Å². The number of hydrogen-bond donors (Lipinski definition) is 3. The molecule has 3 atom stereocenters. The standard InChI is InChI=1S/C31H48N8O4/c1-31(2,3)43-30(42)38-16-8-14-37(15-9-17-38)27(40)21-12-13-25(32-19-21)34-29-33-20-22-18-24(28(41)36(4)5)39(26(22)35-29)23-10-6-7-11-23/h12-13,19-20,23-24,28,30,41-42H,6-11,14-18H2,1-5H3,(H,32,33,34,35). The first-order chi connectivity index (χ1) is 20.5. The zero-order valence-electron chi connectivity index (χ0n) is 26.2. The minimum atomic E-state index is -0.946. The number of pyridine rings is 1. The van der Waals surface area contributed by atoms with Crippen molar-refractivity contribution in [1.29, 1.82) is 0 Å². The Morgan fingerprint density at radius 2 is 1.72 bits per heavy atom. The lowest BCUT2D eigenvalue weighted by atomic mass is 10.1. The summed E-state index contributed by atoms with van der Waals surface area (Å²) < 4.78 is 5.71. The summed E-state index contributed by atoms with van der Waals surface area (Å²) in [5, 5.41) is 24.6. The molecule has 0 bridgehead atoms. The Morgan fingerprint density at radius 1 is 1.02 bits per heavy atom. The molecule has 0 spiro atoms. The molecule has 4 heterocycles. The third-order valence-corrected chi connectivity index (χ3v) is 8.52. The number of fused-ring (bicyclic) bond motifs is 1. The SMILES string of the molecule is CN(C)C(O)C1Cc2cnc(Nc3ccc(C(=O)N4CCCN(C(O)OC(C)(C)C)CCC4)cn3)nc2N1C1CCCC1. The van der Waals surface area contributed by atoms with E-state index in [0.29, 0.717) is 56.0 Å². The molecule has 12 heteroatoms. The predicted octanol–water partition coefficient (Wildman–Crippen LogP) is 2.80. The summed E-state index contributed by atoms with van der Waals surface area (Å²) in [5.41, 5.74) is 1.14. The van der Waals surface area contributed by atoms with Crippen molar-refractivity contribution in [3.63, 3.8) is 0 Å². The van der Waals surface area contributed by atoms with Crippen LogP contribution in [0.3, 0.4) is 0 Å². The molecule has 2 aliphatic heterocycles. The number of rotatable bonds is 8. The molecule has 12 nitrogen and oxygen atoms in total. The molecule has 1 saturated heterocycles. The maximum atomic E-state index is 13.3. The molecule has 2 aromatic heterocycles. The maximum Gasteiger partial charge on any atom is 0.255 e. The minimum Gasteiger partial charge on any atom is -0.376 e. The van der Waals surface area contributed by atoms with Crippen molar-refractivity contribution >= 4 is 23.5 Å². The van der Waals surface area contributed by atoms with E-state index >= 15 is 0 Å². The highest BCUT2D eigenvalue weighted by Gasteiger charge is 2.41. The lowest BCUT2D eigenvalue weighted by molar-refractivity contribution is -0.239. The van der Waals surface area contributed by atoms with Crippen LogP contribution in [0.1, 0.15) is 75.2 Å². The van der Waals surface area contributed by atoms with Crippen LogP contribution in [0.4, 0.5) is 17.6 Å². The van der Waals surface area contributed by atoms with Crippen molar-refractivity contribution in [3.05, 3.63) is 35.7 Å². The Kier molecular flexibility index (Phi) is 9.82. The second-order valence-corrected chi connectivity index (χ2v) is 13.2. The van der Waals surface area contributed by atoms with Crippen LogP contribution in [-0.4, -0.2) is 116 Å². The molecule has 1 amide bonds. The van der Waals surface area contributed by atoms with Gasteiger partial charge in [0.1, 0.15) is 17.9 Å². The molecular formula is C31H48N8O4. The van der Waals surface area contributed by atoms with Crippen molar-refractivity contribution in [2.45, 2.75) is 96.0 Å². The van der Waals surface area contributed by atoms with Gasteiger partial charge in [0, 0.05) is 56.6 Å². The largest absolute Gasteiger partial charge is 0.376 e. The number of carbonyl (C=O) groups excluding carboxylic acids is 1. The highest BCUT2D eigenvalue weighted by Crippen LogP contribution is 2.39. The van der Waals surface area contributed by atoms with Crippen LogP contribution >= 0.6 is 0 Å². The maximum absolute atomic E-state index is 13.3. The zero-order valence-corrected chi connectivity index (χ0v) is 26.2. The first-order valence-electron chi connectivity index (χ1n) is 15.6. The monoisotopic (exact) mass is 596 g/mol. The van der Waals surface area contributed by atoms with E-state index in [-0.39, 0.29) is 11.9 Å². The van der Waals surface area contributed by atoms with E-state index < -0.39 is 18.2 Å². The summed E-state index contributed by atoms with van der Waals surface area (Å²) in [5.74, 6) is 1.84. The Hall–Kier alpha value is -2.90. The number of aromatic nitrogens is 3. The van der Waals surface area contributed by atoms with Crippen LogP contribution in [0.2, 0.25) is 0 Å². The van der Waals surface area contributed by atoms with Crippen molar-refractivity contribution in [2.24, 2.45) is 0 Å². The Morgan fingerprint density at radius 3 is 2.33 bits per heavy atom. The van der Waals surface area contributed by atoms with E-state index in [0.717, 1.165) is 37.1 Å². The number of nitrogens with zero attached hydrogens (tertiary/aromatic N) is 7. The van der Waals surface area contributed by atoms with Crippen molar-refractivity contribution in [2.75, 3.05) is 50.5 Å². The second kappa shape index (κ2) is 13.4. The predicted molar refractivity (Wildman–Crippen MR) is 165 cm³/mol. The second-order valence-electron chi connectivity index (χ2n) is 13.2. The molecule has 2 aromatic rings. The van der Waals surface area contributed by atoms with E-state index in [4.69, 9.17) is 9.72 Å². The van der Waals surface area contributed by atoms with Crippen LogP contribution in [0.25, 0.3) is 0 Å². The molecule has 3 N–H and O–H groups in total. The van der Waals surface area contributed by atoms with Gasteiger partial charge in [-0.3, -0.25) is 14.6 Å². The Bertz CT molecular complexity index is 1220. The average molecular weight is 597 g/mol. The number of nitrogens with one attached hydrogen (secondary N) is 1. The third-order valence-electron chi connectivity index (χ3n) is 8.52. The van der Waals surface area contributed by atoms with Crippen LogP contribution in [0, 0.1) is 0 Å². The lowest BCUT2D eigenvalue weighted by Crippen LogP contribution is -2.51. The summed E-state index contributed by atoms with van der Waals surface area (Å²) in [6, 6.07) is 3.86. The summed E-state index contributed by atoms with van der Waals surface area (Å²) in [6.45, 7) is 8.26. The molecule has 5 rings (SSSR count). The quantitative estimate of drug-likeness (QED) is 0.389. The van der Waals surface area contributed by atoms with E-state index in [1.807, 2.05) is 55.8 Å². The number of carbonyl (C=O) groups is 1.